The molecule has 3 atom stereocenters. The molecule has 1 aromatic carbocycles. The normalized spacial score (nSPS) is 16.3. The average Bonchev–Trinajstić information content (AvgIpc) is 2.33. The van der Waals surface area contributed by atoms with Gasteiger partial charge >= 0.3 is 0 Å². The molecule has 2 nitrogen and oxygen atoms in total. The second kappa shape index (κ2) is 8.05. The van der Waals surface area contributed by atoms with Crippen molar-refractivity contribution >= 4 is 23.4 Å². The summed E-state index contributed by atoms with van der Waals surface area (Å²) in [5, 5.41) is 13.8. The van der Waals surface area contributed by atoms with Crippen molar-refractivity contribution < 1.29 is 5.11 Å². The van der Waals surface area contributed by atoms with Crippen LogP contribution in [0.2, 0.25) is 5.02 Å². The molecule has 0 heterocycles. The first-order valence-corrected chi connectivity index (χ1v) is 7.87. The van der Waals surface area contributed by atoms with Gasteiger partial charge in [0.1, 0.15) is 0 Å². The second-order valence-corrected chi connectivity index (χ2v) is 6.16. The van der Waals surface area contributed by atoms with Gasteiger partial charge in [0.25, 0.3) is 0 Å². The summed E-state index contributed by atoms with van der Waals surface area (Å²) in [5.41, 5.74) is 1.27. The molecule has 102 valence electrons. The summed E-state index contributed by atoms with van der Waals surface area (Å²) in [6.45, 7) is 4.50. The third-order valence-corrected chi connectivity index (χ3v) is 4.46. The second-order valence-electron chi connectivity index (χ2n) is 4.64. The highest BCUT2D eigenvalue weighted by Crippen LogP contribution is 2.13. The van der Waals surface area contributed by atoms with Gasteiger partial charge < -0.3 is 10.4 Å². The van der Waals surface area contributed by atoms with Crippen molar-refractivity contribution in [3.63, 3.8) is 0 Å². The van der Waals surface area contributed by atoms with Crippen molar-refractivity contribution in [3.05, 3.63) is 34.9 Å². The zero-order valence-electron chi connectivity index (χ0n) is 11.2. The van der Waals surface area contributed by atoms with E-state index in [1.54, 1.807) is 11.8 Å². The molecular weight excluding hydrogens is 266 g/mol. The Morgan fingerprint density at radius 3 is 2.39 bits per heavy atom. The smallest absolute Gasteiger partial charge is 0.0564 e. The molecule has 3 unspecified atom stereocenters. The number of thioether (sulfide) groups is 1. The quantitative estimate of drug-likeness (QED) is 0.809. The fraction of sp³-hybridized carbons (Fsp3) is 0.571. The van der Waals surface area contributed by atoms with Crippen molar-refractivity contribution in [2.45, 2.75) is 37.6 Å². The minimum Gasteiger partial charge on any atom is -0.395 e. The van der Waals surface area contributed by atoms with Gasteiger partial charge in [-0.15, -0.1) is 0 Å². The maximum atomic E-state index is 9.25. The Morgan fingerprint density at radius 1 is 1.28 bits per heavy atom. The van der Waals surface area contributed by atoms with Gasteiger partial charge in [-0.3, -0.25) is 0 Å². The fourth-order valence-corrected chi connectivity index (χ4v) is 2.79. The Bertz CT molecular complexity index is 340. The van der Waals surface area contributed by atoms with Crippen molar-refractivity contribution in [1.29, 1.82) is 0 Å². The first-order chi connectivity index (χ1) is 8.56. The zero-order valence-corrected chi connectivity index (χ0v) is 12.8. The molecule has 0 bridgehead atoms. The highest BCUT2D eigenvalue weighted by atomic mass is 35.5. The van der Waals surface area contributed by atoms with Crippen LogP contribution in [0.25, 0.3) is 0 Å². The summed E-state index contributed by atoms with van der Waals surface area (Å²) in [4.78, 5) is 0. The Labute approximate surface area is 119 Å². The molecule has 0 spiro atoms. The van der Waals surface area contributed by atoms with Crippen LogP contribution in [-0.2, 0) is 6.42 Å². The minimum absolute atomic E-state index is 0.211. The summed E-state index contributed by atoms with van der Waals surface area (Å²) in [6.07, 6.45) is 3.00. The van der Waals surface area contributed by atoms with Crippen LogP contribution in [0.3, 0.4) is 0 Å². The number of hydrogen-bond acceptors (Lipinski definition) is 3. The Morgan fingerprint density at radius 2 is 1.89 bits per heavy atom. The molecule has 0 amide bonds. The molecule has 0 aliphatic heterocycles. The standard InChI is InChI=1S/C14H22ClNOS/c1-10(16-11(2)14(9-17)18-3)8-12-4-6-13(15)7-5-12/h4-7,10-11,14,16-17H,8-9H2,1-3H3. The van der Waals surface area contributed by atoms with Gasteiger partial charge in [-0.2, -0.15) is 11.8 Å². The van der Waals surface area contributed by atoms with E-state index in [1.165, 1.54) is 5.56 Å². The van der Waals surface area contributed by atoms with Crippen LogP contribution < -0.4 is 5.32 Å². The number of benzene rings is 1. The number of rotatable bonds is 7. The van der Waals surface area contributed by atoms with Crippen molar-refractivity contribution in [1.82, 2.24) is 5.32 Å². The van der Waals surface area contributed by atoms with Gasteiger partial charge in [-0.25, -0.2) is 0 Å². The van der Waals surface area contributed by atoms with Gasteiger partial charge in [0, 0.05) is 22.4 Å². The van der Waals surface area contributed by atoms with E-state index in [0.717, 1.165) is 11.4 Å². The van der Waals surface area contributed by atoms with Crippen LogP contribution in [0.1, 0.15) is 19.4 Å². The zero-order chi connectivity index (χ0) is 13.5. The molecule has 1 rings (SSSR count). The van der Waals surface area contributed by atoms with Gasteiger partial charge in [0.2, 0.25) is 0 Å². The summed E-state index contributed by atoms with van der Waals surface area (Å²) in [5.74, 6) is 0. The van der Waals surface area contributed by atoms with Crippen LogP contribution >= 0.6 is 23.4 Å². The van der Waals surface area contributed by atoms with E-state index in [9.17, 15) is 5.11 Å². The molecule has 0 saturated carbocycles. The number of hydrogen-bond donors (Lipinski definition) is 2. The largest absolute Gasteiger partial charge is 0.395 e. The molecule has 0 aliphatic rings. The highest BCUT2D eigenvalue weighted by molar-refractivity contribution is 7.99. The highest BCUT2D eigenvalue weighted by Gasteiger charge is 2.17. The maximum Gasteiger partial charge on any atom is 0.0564 e. The Kier molecular flexibility index (Phi) is 7.08. The maximum absolute atomic E-state index is 9.25. The van der Waals surface area contributed by atoms with E-state index in [-0.39, 0.29) is 11.9 Å². The van der Waals surface area contributed by atoms with Crippen LogP contribution in [0.5, 0.6) is 0 Å². The molecule has 0 saturated heterocycles. The van der Waals surface area contributed by atoms with Gasteiger partial charge in [0.15, 0.2) is 0 Å². The topological polar surface area (TPSA) is 32.3 Å². The monoisotopic (exact) mass is 287 g/mol. The van der Waals surface area contributed by atoms with E-state index >= 15 is 0 Å². The Hall–Kier alpha value is -0.220. The lowest BCUT2D eigenvalue weighted by Gasteiger charge is -2.25. The lowest BCUT2D eigenvalue weighted by molar-refractivity contribution is 0.271. The number of aliphatic hydroxyl groups excluding tert-OH is 1. The molecule has 0 fully saturated rings. The molecule has 0 aromatic heterocycles. The fourth-order valence-electron chi connectivity index (χ4n) is 2.03. The molecule has 0 aliphatic carbocycles. The Balaban J connectivity index is 2.45. The molecule has 1 aromatic rings. The van der Waals surface area contributed by atoms with E-state index < -0.39 is 0 Å². The van der Waals surface area contributed by atoms with E-state index in [0.29, 0.717) is 12.1 Å². The van der Waals surface area contributed by atoms with Gasteiger partial charge in [-0.1, -0.05) is 23.7 Å². The van der Waals surface area contributed by atoms with Crippen molar-refractivity contribution in [2.24, 2.45) is 0 Å². The minimum atomic E-state index is 0.211. The summed E-state index contributed by atoms with van der Waals surface area (Å²) < 4.78 is 0. The molecule has 18 heavy (non-hydrogen) atoms. The van der Waals surface area contributed by atoms with Crippen LogP contribution in [0.15, 0.2) is 24.3 Å². The van der Waals surface area contributed by atoms with E-state index in [1.807, 2.05) is 18.4 Å². The van der Waals surface area contributed by atoms with Crippen LogP contribution in [0.4, 0.5) is 0 Å². The number of aliphatic hydroxyl groups is 1. The first kappa shape index (κ1) is 15.8. The van der Waals surface area contributed by atoms with E-state index in [2.05, 4.69) is 31.3 Å². The summed E-state index contributed by atoms with van der Waals surface area (Å²) in [6, 6.07) is 8.64. The third-order valence-electron chi connectivity index (χ3n) is 3.04. The predicted octanol–water partition coefficient (Wildman–Crippen LogP) is 2.97. The van der Waals surface area contributed by atoms with Crippen molar-refractivity contribution in [2.75, 3.05) is 12.9 Å². The van der Waals surface area contributed by atoms with Crippen molar-refractivity contribution in [3.8, 4) is 0 Å². The molecular formula is C14H22ClNOS. The third kappa shape index (κ3) is 5.19. The SMILES string of the molecule is CSC(CO)C(C)NC(C)Cc1ccc(Cl)cc1. The average molecular weight is 288 g/mol. The molecule has 2 N–H and O–H groups in total. The number of halogens is 1. The van der Waals surface area contributed by atoms with Gasteiger partial charge in [-0.05, 0) is 44.2 Å². The molecule has 4 heteroatoms. The lowest BCUT2D eigenvalue weighted by Crippen LogP contribution is -2.43. The lowest BCUT2D eigenvalue weighted by atomic mass is 10.1. The molecule has 0 radical (unpaired) electrons. The number of nitrogens with one attached hydrogen (secondary N) is 1. The first-order valence-electron chi connectivity index (χ1n) is 6.21. The van der Waals surface area contributed by atoms with Gasteiger partial charge in [0.05, 0.1) is 6.61 Å². The predicted molar refractivity (Wildman–Crippen MR) is 81.6 cm³/mol. The summed E-state index contributed by atoms with van der Waals surface area (Å²) in [7, 11) is 0. The van der Waals surface area contributed by atoms with Crippen LogP contribution in [0, 0.1) is 0 Å². The van der Waals surface area contributed by atoms with Crippen LogP contribution in [-0.4, -0.2) is 35.3 Å². The summed E-state index contributed by atoms with van der Waals surface area (Å²) >= 11 is 7.56. The van der Waals surface area contributed by atoms with E-state index in [4.69, 9.17) is 11.6 Å².